The van der Waals surface area contributed by atoms with Crippen molar-refractivity contribution in [2.75, 3.05) is 0 Å². The molecule has 2 rings (SSSR count). The summed E-state index contributed by atoms with van der Waals surface area (Å²) in [4.78, 5) is 10.7. The van der Waals surface area contributed by atoms with Crippen LogP contribution >= 0.6 is 0 Å². The van der Waals surface area contributed by atoms with Crippen LogP contribution in [0, 0.1) is 0 Å². The molecule has 0 amide bonds. The third-order valence-electron chi connectivity index (χ3n) is 2.50. The summed E-state index contributed by atoms with van der Waals surface area (Å²) in [5.74, 6) is -0.848. The van der Waals surface area contributed by atoms with Gasteiger partial charge in [0.05, 0.1) is 17.6 Å². The lowest BCUT2D eigenvalue weighted by atomic mass is 10.1. The van der Waals surface area contributed by atoms with Gasteiger partial charge < -0.3 is 5.11 Å². The predicted octanol–water partition coefficient (Wildman–Crippen LogP) is 2.24. The highest BCUT2D eigenvalue weighted by atomic mass is 16.4. The number of hydrogen-bond acceptors (Lipinski definition) is 2. The molecule has 0 atom stereocenters. The Morgan fingerprint density at radius 1 is 1.44 bits per heavy atom. The highest BCUT2D eigenvalue weighted by molar-refractivity contribution is 5.85. The van der Waals surface area contributed by atoms with E-state index in [1.54, 1.807) is 0 Å². The van der Waals surface area contributed by atoms with E-state index < -0.39 is 5.97 Å². The van der Waals surface area contributed by atoms with Crippen LogP contribution in [0.5, 0.6) is 0 Å². The van der Waals surface area contributed by atoms with Crippen LogP contribution in [0.1, 0.15) is 25.6 Å². The zero-order valence-corrected chi connectivity index (χ0v) is 9.34. The molecule has 0 saturated carbocycles. The first-order valence-corrected chi connectivity index (χ1v) is 5.27. The second-order valence-corrected chi connectivity index (χ2v) is 4.07. The van der Waals surface area contributed by atoms with E-state index in [1.165, 1.54) is 0 Å². The Bertz CT molecular complexity index is 529. The lowest BCUT2D eigenvalue weighted by Gasteiger charge is -2.06. The monoisotopic (exact) mass is 218 g/mol. The molecular weight excluding hydrogens is 204 g/mol. The number of benzene rings is 1. The van der Waals surface area contributed by atoms with Crippen molar-refractivity contribution in [3.8, 4) is 0 Å². The van der Waals surface area contributed by atoms with Gasteiger partial charge in [0.1, 0.15) is 0 Å². The van der Waals surface area contributed by atoms with E-state index in [2.05, 4.69) is 5.10 Å². The lowest BCUT2D eigenvalue weighted by molar-refractivity contribution is -0.136. The van der Waals surface area contributed by atoms with Gasteiger partial charge in [-0.3, -0.25) is 9.48 Å². The third kappa shape index (κ3) is 1.78. The van der Waals surface area contributed by atoms with Crippen molar-refractivity contribution in [3.05, 3.63) is 30.0 Å². The number of aliphatic carboxylic acids is 1. The van der Waals surface area contributed by atoms with Gasteiger partial charge in [-0.25, -0.2) is 0 Å². The summed E-state index contributed by atoms with van der Waals surface area (Å²) in [7, 11) is 0. The molecule has 0 bridgehead atoms. The number of carboxylic acid groups (broad SMARTS) is 1. The van der Waals surface area contributed by atoms with Gasteiger partial charge >= 0.3 is 5.97 Å². The minimum absolute atomic E-state index is 0.0275. The second-order valence-electron chi connectivity index (χ2n) is 4.07. The minimum Gasteiger partial charge on any atom is -0.481 e. The first-order chi connectivity index (χ1) is 7.59. The normalized spacial score (nSPS) is 11.2. The van der Waals surface area contributed by atoms with Gasteiger partial charge in [-0.15, -0.1) is 0 Å². The summed E-state index contributed by atoms with van der Waals surface area (Å²) >= 11 is 0. The fourth-order valence-electron chi connectivity index (χ4n) is 1.82. The van der Waals surface area contributed by atoms with Crippen molar-refractivity contribution in [3.63, 3.8) is 0 Å². The van der Waals surface area contributed by atoms with Crippen molar-refractivity contribution < 1.29 is 9.90 Å². The Labute approximate surface area is 93.5 Å². The van der Waals surface area contributed by atoms with Crippen molar-refractivity contribution in [2.45, 2.75) is 26.3 Å². The molecule has 0 aliphatic carbocycles. The number of hydrogen-bond donors (Lipinski definition) is 1. The molecule has 4 heteroatoms. The number of aromatic nitrogens is 2. The van der Waals surface area contributed by atoms with E-state index >= 15 is 0 Å². The summed E-state index contributed by atoms with van der Waals surface area (Å²) in [6.45, 7) is 4.06. The Hall–Kier alpha value is -1.84. The second kappa shape index (κ2) is 3.96. The Morgan fingerprint density at radius 2 is 2.12 bits per heavy atom. The minimum atomic E-state index is -0.848. The first kappa shape index (κ1) is 10.7. The molecule has 0 fully saturated rings. The number of fused-ring (bicyclic) bond motifs is 1. The molecule has 2 aromatic rings. The fourth-order valence-corrected chi connectivity index (χ4v) is 1.82. The zero-order chi connectivity index (χ0) is 11.7. The summed E-state index contributed by atoms with van der Waals surface area (Å²) in [5.41, 5.74) is 1.63. The van der Waals surface area contributed by atoms with Gasteiger partial charge in [0, 0.05) is 11.4 Å². The van der Waals surface area contributed by atoms with Crippen LogP contribution in [0.15, 0.2) is 24.3 Å². The number of rotatable bonds is 3. The highest BCUT2D eigenvalue weighted by Crippen LogP contribution is 2.21. The van der Waals surface area contributed by atoms with Crippen molar-refractivity contribution in [1.82, 2.24) is 9.78 Å². The van der Waals surface area contributed by atoms with Crippen LogP contribution < -0.4 is 0 Å². The SMILES string of the molecule is CC(C)n1nc(CC(=O)O)c2ccccc21. The van der Waals surface area contributed by atoms with Gasteiger partial charge in [0.25, 0.3) is 0 Å². The van der Waals surface area contributed by atoms with Crippen LogP contribution in [0.2, 0.25) is 0 Å². The largest absolute Gasteiger partial charge is 0.481 e. The van der Waals surface area contributed by atoms with E-state index in [0.717, 1.165) is 10.9 Å². The molecule has 4 nitrogen and oxygen atoms in total. The molecular formula is C12H14N2O2. The van der Waals surface area contributed by atoms with Crippen LogP contribution in [-0.2, 0) is 11.2 Å². The third-order valence-corrected chi connectivity index (χ3v) is 2.50. The molecule has 1 heterocycles. The number of para-hydroxylation sites is 1. The molecule has 0 aliphatic heterocycles. The van der Waals surface area contributed by atoms with Crippen molar-refractivity contribution >= 4 is 16.9 Å². The number of carboxylic acids is 1. The topological polar surface area (TPSA) is 55.1 Å². The zero-order valence-electron chi connectivity index (χ0n) is 9.34. The van der Waals surface area contributed by atoms with Crippen LogP contribution in [0.25, 0.3) is 10.9 Å². The van der Waals surface area contributed by atoms with Crippen LogP contribution in [-0.4, -0.2) is 20.9 Å². The smallest absolute Gasteiger partial charge is 0.309 e. The molecule has 0 saturated heterocycles. The summed E-state index contributed by atoms with van der Waals surface area (Å²) in [6.07, 6.45) is -0.0275. The average molecular weight is 218 g/mol. The Kier molecular flexibility index (Phi) is 2.64. The van der Waals surface area contributed by atoms with Gasteiger partial charge in [0.2, 0.25) is 0 Å². The van der Waals surface area contributed by atoms with E-state index in [1.807, 2.05) is 42.8 Å². The highest BCUT2D eigenvalue weighted by Gasteiger charge is 2.13. The maximum absolute atomic E-state index is 10.7. The molecule has 84 valence electrons. The molecule has 16 heavy (non-hydrogen) atoms. The lowest BCUT2D eigenvalue weighted by Crippen LogP contribution is -2.05. The van der Waals surface area contributed by atoms with Gasteiger partial charge in [0.15, 0.2) is 0 Å². The van der Waals surface area contributed by atoms with Crippen LogP contribution in [0.4, 0.5) is 0 Å². The van der Waals surface area contributed by atoms with Gasteiger partial charge in [-0.05, 0) is 19.9 Å². The average Bonchev–Trinajstić information content (AvgIpc) is 2.57. The maximum atomic E-state index is 10.7. The molecule has 0 unspecified atom stereocenters. The Morgan fingerprint density at radius 3 is 2.75 bits per heavy atom. The van der Waals surface area contributed by atoms with E-state index in [4.69, 9.17) is 5.11 Å². The quantitative estimate of drug-likeness (QED) is 0.859. The molecule has 0 radical (unpaired) electrons. The van der Waals surface area contributed by atoms with E-state index in [0.29, 0.717) is 5.69 Å². The van der Waals surface area contributed by atoms with E-state index in [-0.39, 0.29) is 12.5 Å². The van der Waals surface area contributed by atoms with Crippen molar-refractivity contribution in [1.29, 1.82) is 0 Å². The summed E-state index contributed by atoms with van der Waals surface area (Å²) < 4.78 is 1.87. The first-order valence-electron chi connectivity index (χ1n) is 5.27. The maximum Gasteiger partial charge on any atom is 0.309 e. The van der Waals surface area contributed by atoms with Crippen LogP contribution in [0.3, 0.4) is 0 Å². The molecule has 1 aromatic carbocycles. The van der Waals surface area contributed by atoms with E-state index in [9.17, 15) is 4.79 Å². The standard InChI is InChI=1S/C12H14N2O2/c1-8(2)14-11-6-4-3-5-9(11)10(13-14)7-12(15)16/h3-6,8H,7H2,1-2H3,(H,15,16). The molecule has 1 aromatic heterocycles. The number of carbonyl (C=O) groups is 1. The fraction of sp³-hybridized carbons (Fsp3) is 0.333. The summed E-state index contributed by atoms with van der Waals surface area (Å²) in [5, 5.41) is 14.1. The molecule has 1 N–H and O–H groups in total. The van der Waals surface area contributed by atoms with Gasteiger partial charge in [-0.2, -0.15) is 5.10 Å². The number of nitrogens with zero attached hydrogens (tertiary/aromatic N) is 2. The molecule has 0 aliphatic rings. The molecule has 0 spiro atoms. The van der Waals surface area contributed by atoms with Crippen molar-refractivity contribution in [2.24, 2.45) is 0 Å². The Balaban J connectivity index is 2.62. The predicted molar refractivity (Wildman–Crippen MR) is 61.5 cm³/mol. The van der Waals surface area contributed by atoms with Gasteiger partial charge in [-0.1, -0.05) is 18.2 Å². The summed E-state index contributed by atoms with van der Waals surface area (Å²) in [6, 6.07) is 7.95.